The molecule has 0 fully saturated rings. The normalized spacial score (nSPS) is 22.4. The number of fused-ring (bicyclic) bond motifs is 1. The predicted molar refractivity (Wildman–Crippen MR) is 75.0 cm³/mol. The van der Waals surface area contributed by atoms with Crippen LogP contribution >= 0.6 is 0 Å². The van der Waals surface area contributed by atoms with Crippen molar-refractivity contribution >= 4 is 5.91 Å². The maximum atomic E-state index is 12.7. The van der Waals surface area contributed by atoms with Crippen LogP contribution in [0, 0.1) is 0 Å². The molecule has 1 amide bonds. The van der Waals surface area contributed by atoms with Crippen LogP contribution in [0.3, 0.4) is 0 Å². The van der Waals surface area contributed by atoms with Gasteiger partial charge in [-0.3, -0.25) is 9.48 Å². The maximum Gasteiger partial charge on any atom is 0.250 e. The molecular weight excluding hydrogens is 254 g/mol. The zero-order valence-electron chi connectivity index (χ0n) is 11.9. The molecule has 1 aliphatic heterocycles. The molecule has 1 aromatic rings. The molecule has 2 heterocycles. The highest BCUT2D eigenvalue weighted by atomic mass is 16.5. The molecule has 1 atom stereocenters. The van der Waals surface area contributed by atoms with Gasteiger partial charge in [-0.25, -0.2) is 0 Å². The molecule has 108 valence electrons. The Kier molecular flexibility index (Phi) is 3.87. The van der Waals surface area contributed by atoms with Gasteiger partial charge < -0.3 is 9.64 Å². The lowest BCUT2D eigenvalue weighted by molar-refractivity contribution is -0.131. The number of aryl methyl sites for hydroxylation is 1. The number of amides is 1. The molecule has 0 aromatic carbocycles. The fourth-order valence-corrected chi connectivity index (χ4v) is 3.08. The van der Waals surface area contributed by atoms with Gasteiger partial charge in [-0.1, -0.05) is 6.08 Å². The van der Waals surface area contributed by atoms with Gasteiger partial charge in [0.2, 0.25) is 5.91 Å². The summed E-state index contributed by atoms with van der Waals surface area (Å²) in [5.41, 5.74) is 2.08. The highest BCUT2D eigenvalue weighted by Crippen LogP contribution is 2.24. The van der Waals surface area contributed by atoms with E-state index in [0.29, 0.717) is 13.2 Å². The molecule has 20 heavy (non-hydrogen) atoms. The Morgan fingerprint density at radius 1 is 1.55 bits per heavy atom. The first-order valence-electron chi connectivity index (χ1n) is 7.29. The number of carbonyl (C=O) groups is 1. The number of hydrogen-bond acceptors (Lipinski definition) is 3. The minimum absolute atomic E-state index is 0.135. The molecule has 1 aromatic heterocycles. The van der Waals surface area contributed by atoms with Crippen LogP contribution in [-0.4, -0.2) is 40.3 Å². The number of methoxy groups -OCH3 is 1. The molecule has 0 radical (unpaired) electrons. The van der Waals surface area contributed by atoms with Gasteiger partial charge in [0.25, 0.3) is 0 Å². The van der Waals surface area contributed by atoms with Crippen LogP contribution in [0.25, 0.3) is 0 Å². The van der Waals surface area contributed by atoms with E-state index in [1.54, 1.807) is 7.11 Å². The van der Waals surface area contributed by atoms with E-state index in [-0.39, 0.29) is 11.9 Å². The van der Waals surface area contributed by atoms with Crippen LogP contribution in [0.2, 0.25) is 0 Å². The number of allylic oxidation sites excluding steroid dienone is 1. The Labute approximate surface area is 119 Å². The van der Waals surface area contributed by atoms with E-state index >= 15 is 0 Å². The van der Waals surface area contributed by atoms with Crippen LogP contribution in [0.4, 0.5) is 0 Å². The summed E-state index contributed by atoms with van der Waals surface area (Å²) >= 11 is 0. The lowest BCUT2D eigenvalue weighted by Crippen LogP contribution is -2.42. The van der Waals surface area contributed by atoms with Gasteiger partial charge in [-0.15, -0.1) is 0 Å². The van der Waals surface area contributed by atoms with Crippen molar-refractivity contribution in [3.8, 4) is 0 Å². The molecular formula is C15H21N3O2. The van der Waals surface area contributed by atoms with Crippen LogP contribution in [0.15, 0.2) is 23.9 Å². The molecule has 5 heteroatoms. The number of rotatable bonds is 3. The molecule has 0 unspecified atom stereocenters. The summed E-state index contributed by atoms with van der Waals surface area (Å²) in [4.78, 5) is 14.7. The van der Waals surface area contributed by atoms with E-state index in [2.05, 4.69) is 11.2 Å². The topological polar surface area (TPSA) is 47.4 Å². The molecule has 0 bridgehead atoms. The number of ether oxygens (including phenoxy) is 1. The lowest BCUT2D eigenvalue weighted by Gasteiger charge is -2.29. The first-order valence-corrected chi connectivity index (χ1v) is 7.29. The van der Waals surface area contributed by atoms with Crippen LogP contribution in [0.1, 0.15) is 31.4 Å². The Morgan fingerprint density at radius 3 is 3.20 bits per heavy atom. The van der Waals surface area contributed by atoms with Crippen molar-refractivity contribution in [1.82, 2.24) is 14.7 Å². The predicted octanol–water partition coefficient (Wildman–Crippen LogP) is 1.74. The van der Waals surface area contributed by atoms with Crippen molar-refractivity contribution in [1.29, 1.82) is 0 Å². The fraction of sp³-hybridized carbons (Fsp3) is 0.600. The fourth-order valence-electron chi connectivity index (χ4n) is 3.08. The molecule has 5 nitrogen and oxygen atoms in total. The summed E-state index contributed by atoms with van der Waals surface area (Å²) in [5, 5.41) is 4.33. The van der Waals surface area contributed by atoms with E-state index in [1.165, 1.54) is 0 Å². The molecule has 0 N–H and O–H groups in total. The van der Waals surface area contributed by atoms with Crippen molar-refractivity contribution < 1.29 is 9.53 Å². The Hall–Kier alpha value is -1.62. The zero-order valence-corrected chi connectivity index (χ0v) is 11.9. The maximum absolute atomic E-state index is 12.7. The summed E-state index contributed by atoms with van der Waals surface area (Å²) in [6.45, 7) is 2.06. The van der Waals surface area contributed by atoms with Crippen LogP contribution in [0.5, 0.6) is 0 Å². The highest BCUT2D eigenvalue weighted by molar-refractivity contribution is 5.94. The summed E-state index contributed by atoms with van der Waals surface area (Å²) in [5.74, 6) is 0.180. The Morgan fingerprint density at radius 2 is 2.45 bits per heavy atom. The third-order valence-electron chi connectivity index (χ3n) is 4.19. The average molecular weight is 275 g/mol. The van der Waals surface area contributed by atoms with Gasteiger partial charge >= 0.3 is 0 Å². The van der Waals surface area contributed by atoms with E-state index in [9.17, 15) is 4.79 Å². The molecule has 2 aliphatic rings. The van der Waals surface area contributed by atoms with Gasteiger partial charge in [-0.2, -0.15) is 5.10 Å². The molecule has 0 saturated carbocycles. The van der Waals surface area contributed by atoms with Gasteiger partial charge in [0.1, 0.15) is 0 Å². The summed E-state index contributed by atoms with van der Waals surface area (Å²) < 4.78 is 7.31. The standard InChI is InChI=1S/C15H21N3O2/c1-20-11-14-7-9-18-13(6-8-16-18)10-17(14)15(19)12-4-2-3-5-12/h4,6,8,14H,2-3,5,7,9-11H2,1H3/t14-/m1/s1. The zero-order chi connectivity index (χ0) is 13.9. The summed E-state index contributed by atoms with van der Waals surface area (Å²) in [6.07, 6.45) is 7.83. The van der Waals surface area contributed by atoms with Crippen LogP contribution in [-0.2, 0) is 22.6 Å². The molecule has 1 aliphatic carbocycles. The minimum Gasteiger partial charge on any atom is -0.383 e. The lowest BCUT2D eigenvalue weighted by atomic mass is 10.1. The van der Waals surface area contributed by atoms with Gasteiger partial charge in [-0.05, 0) is 31.7 Å². The Balaban J connectivity index is 1.84. The van der Waals surface area contributed by atoms with Crippen molar-refractivity contribution in [2.45, 2.75) is 44.8 Å². The molecule has 0 saturated heterocycles. The smallest absolute Gasteiger partial charge is 0.250 e. The average Bonchev–Trinajstić information content (AvgIpc) is 3.10. The van der Waals surface area contributed by atoms with Crippen LogP contribution < -0.4 is 0 Å². The van der Waals surface area contributed by atoms with E-state index in [4.69, 9.17) is 4.74 Å². The van der Waals surface area contributed by atoms with Gasteiger partial charge in [0, 0.05) is 25.4 Å². The Bertz CT molecular complexity index is 521. The van der Waals surface area contributed by atoms with Crippen molar-refractivity contribution in [2.75, 3.05) is 13.7 Å². The first-order chi connectivity index (χ1) is 9.79. The second-order valence-electron chi connectivity index (χ2n) is 5.50. The summed E-state index contributed by atoms with van der Waals surface area (Å²) in [6, 6.07) is 2.13. The minimum atomic E-state index is 0.135. The molecule has 0 spiro atoms. The number of aromatic nitrogens is 2. The number of carbonyl (C=O) groups excluding carboxylic acids is 1. The van der Waals surface area contributed by atoms with E-state index < -0.39 is 0 Å². The van der Waals surface area contributed by atoms with Gasteiger partial charge in [0.15, 0.2) is 0 Å². The summed E-state index contributed by atoms with van der Waals surface area (Å²) in [7, 11) is 1.70. The highest BCUT2D eigenvalue weighted by Gasteiger charge is 2.30. The largest absolute Gasteiger partial charge is 0.383 e. The first kappa shape index (κ1) is 13.4. The monoisotopic (exact) mass is 275 g/mol. The van der Waals surface area contributed by atoms with E-state index in [1.807, 2.05) is 21.8 Å². The van der Waals surface area contributed by atoms with Gasteiger partial charge in [0.05, 0.1) is 24.9 Å². The SMILES string of the molecule is COC[C@H]1CCn2nccc2CN1C(=O)C1=CCCC1. The number of nitrogens with zero attached hydrogens (tertiary/aromatic N) is 3. The van der Waals surface area contributed by atoms with Crippen molar-refractivity contribution in [2.24, 2.45) is 0 Å². The second kappa shape index (κ2) is 5.79. The number of hydrogen-bond donors (Lipinski definition) is 0. The third kappa shape index (κ3) is 2.50. The van der Waals surface area contributed by atoms with Crippen molar-refractivity contribution in [3.05, 3.63) is 29.6 Å². The van der Waals surface area contributed by atoms with Crippen molar-refractivity contribution in [3.63, 3.8) is 0 Å². The third-order valence-corrected chi connectivity index (χ3v) is 4.19. The quantitative estimate of drug-likeness (QED) is 0.844. The van der Waals surface area contributed by atoms with E-state index in [0.717, 1.165) is 43.5 Å². The second-order valence-corrected chi connectivity index (χ2v) is 5.50. The molecule has 3 rings (SSSR count).